The molecule has 0 radical (unpaired) electrons. The number of aromatic nitrogens is 3. The van der Waals surface area contributed by atoms with Crippen LogP contribution >= 0.6 is 11.3 Å². The van der Waals surface area contributed by atoms with Crippen LogP contribution in [-0.4, -0.2) is 41.9 Å². The quantitative estimate of drug-likeness (QED) is 0.406. The molecule has 0 aliphatic rings. The van der Waals surface area contributed by atoms with E-state index in [0.717, 1.165) is 41.1 Å². The molecule has 0 fully saturated rings. The van der Waals surface area contributed by atoms with Gasteiger partial charge in [-0.15, -0.1) is 0 Å². The maximum Gasteiger partial charge on any atom is 0.260 e. The van der Waals surface area contributed by atoms with E-state index in [0.29, 0.717) is 6.54 Å². The second-order valence-corrected chi connectivity index (χ2v) is 10.7. The average Bonchev–Trinajstić information content (AvgIpc) is 3.30. The van der Waals surface area contributed by atoms with E-state index in [4.69, 9.17) is 0 Å². The van der Waals surface area contributed by atoms with Gasteiger partial charge in [0.05, 0.1) is 21.8 Å². The van der Waals surface area contributed by atoms with Crippen LogP contribution in [0.1, 0.15) is 21.7 Å². The fraction of sp³-hybridized carbons (Fsp3) is 0.227. The van der Waals surface area contributed by atoms with Crippen molar-refractivity contribution in [3.05, 3.63) is 71.1 Å². The van der Waals surface area contributed by atoms with Crippen LogP contribution in [0.15, 0.2) is 47.4 Å². The first kappa shape index (κ1) is 23.0. The molecule has 2 aromatic carbocycles. The Bertz CT molecular complexity index is 1480. The third-order valence-corrected chi connectivity index (χ3v) is 7.16. The number of fused-ring (bicyclic) bond motifs is 1. The molecule has 0 saturated carbocycles. The zero-order valence-corrected chi connectivity index (χ0v) is 19.7. The van der Waals surface area contributed by atoms with Crippen molar-refractivity contribution in [3.63, 3.8) is 0 Å². The normalized spacial score (nSPS) is 11.8. The predicted octanol–water partition coefficient (Wildman–Crippen LogP) is 4.14. The van der Waals surface area contributed by atoms with Crippen LogP contribution in [0.4, 0.5) is 13.9 Å². The molecule has 2 aromatic heterocycles. The Labute approximate surface area is 193 Å². The SMILES string of the molecule is Cc1cc(C)n(CCN(C(=O)c2cccc(S(C)(=O)=O)c2)c2nc3c(F)cc(F)cc3s2)n1. The second-order valence-electron chi connectivity index (χ2n) is 7.64. The highest BCUT2D eigenvalue weighted by atomic mass is 32.2. The fourth-order valence-electron chi connectivity index (χ4n) is 3.46. The second kappa shape index (κ2) is 8.64. The number of anilines is 1. The van der Waals surface area contributed by atoms with Gasteiger partial charge in [-0.1, -0.05) is 17.4 Å². The number of amides is 1. The molecule has 4 aromatic rings. The molecule has 1 amide bonds. The van der Waals surface area contributed by atoms with E-state index in [9.17, 15) is 22.0 Å². The number of carbonyl (C=O) groups is 1. The summed E-state index contributed by atoms with van der Waals surface area (Å²) in [5.74, 6) is -2.07. The molecule has 0 aliphatic heterocycles. The number of benzene rings is 2. The number of sulfone groups is 1. The van der Waals surface area contributed by atoms with Gasteiger partial charge in [0.2, 0.25) is 0 Å². The van der Waals surface area contributed by atoms with Crippen molar-refractivity contribution < 1.29 is 22.0 Å². The molecule has 172 valence electrons. The summed E-state index contributed by atoms with van der Waals surface area (Å²) in [5.41, 5.74) is 1.82. The van der Waals surface area contributed by atoms with E-state index in [2.05, 4.69) is 10.1 Å². The standard InChI is InChI=1S/C22H20F2N4O3S2/c1-13-9-14(2)28(26-13)8-7-27(21(29)15-5-4-6-17(10-15)33(3,30)31)22-25-20-18(24)11-16(23)12-19(20)32-22/h4-6,9-12H,7-8H2,1-3H3. The molecule has 0 bridgehead atoms. The Morgan fingerprint density at radius 3 is 2.58 bits per heavy atom. The van der Waals surface area contributed by atoms with Crippen LogP contribution in [0, 0.1) is 25.5 Å². The van der Waals surface area contributed by atoms with E-state index in [1.807, 2.05) is 19.9 Å². The lowest BCUT2D eigenvalue weighted by Gasteiger charge is -2.20. The van der Waals surface area contributed by atoms with E-state index in [1.165, 1.54) is 29.2 Å². The van der Waals surface area contributed by atoms with Crippen LogP contribution in [0.2, 0.25) is 0 Å². The van der Waals surface area contributed by atoms with Gasteiger partial charge in [-0.25, -0.2) is 22.2 Å². The van der Waals surface area contributed by atoms with Gasteiger partial charge in [0.25, 0.3) is 5.91 Å². The minimum absolute atomic E-state index is 0.00395. The summed E-state index contributed by atoms with van der Waals surface area (Å²) in [4.78, 5) is 19.0. The third-order valence-electron chi connectivity index (χ3n) is 5.03. The Kier molecular flexibility index (Phi) is 6.02. The van der Waals surface area contributed by atoms with Crippen LogP contribution < -0.4 is 4.90 Å². The largest absolute Gasteiger partial charge is 0.282 e. The first-order chi connectivity index (χ1) is 15.5. The van der Waals surface area contributed by atoms with Gasteiger partial charge in [0.15, 0.2) is 20.8 Å². The van der Waals surface area contributed by atoms with Gasteiger partial charge in [0, 0.05) is 30.1 Å². The van der Waals surface area contributed by atoms with Gasteiger partial charge in [-0.05, 0) is 44.2 Å². The van der Waals surface area contributed by atoms with E-state index < -0.39 is 27.4 Å². The average molecular weight is 491 g/mol. The highest BCUT2D eigenvalue weighted by Gasteiger charge is 2.24. The molecule has 7 nitrogen and oxygen atoms in total. The number of hydrogen-bond acceptors (Lipinski definition) is 6. The van der Waals surface area contributed by atoms with Crippen LogP contribution in [-0.2, 0) is 16.4 Å². The van der Waals surface area contributed by atoms with Gasteiger partial charge >= 0.3 is 0 Å². The summed E-state index contributed by atoms with van der Waals surface area (Å²) < 4.78 is 53.9. The van der Waals surface area contributed by atoms with Gasteiger partial charge < -0.3 is 0 Å². The number of carbonyl (C=O) groups excluding carboxylic acids is 1. The third kappa shape index (κ3) is 4.79. The molecule has 0 saturated heterocycles. The highest BCUT2D eigenvalue weighted by Crippen LogP contribution is 2.32. The summed E-state index contributed by atoms with van der Waals surface area (Å²) >= 11 is 0.977. The fourth-order valence-corrected chi connectivity index (χ4v) is 5.15. The minimum Gasteiger partial charge on any atom is -0.282 e. The van der Waals surface area contributed by atoms with Crippen molar-refractivity contribution in [2.75, 3.05) is 17.7 Å². The van der Waals surface area contributed by atoms with E-state index in [-0.39, 0.29) is 32.4 Å². The zero-order valence-electron chi connectivity index (χ0n) is 18.0. The predicted molar refractivity (Wildman–Crippen MR) is 122 cm³/mol. The molecule has 4 rings (SSSR count). The molecular formula is C22H20F2N4O3S2. The van der Waals surface area contributed by atoms with Crippen LogP contribution in [0.3, 0.4) is 0 Å². The summed E-state index contributed by atoms with van der Waals surface area (Å²) in [6, 6.07) is 9.48. The van der Waals surface area contributed by atoms with Gasteiger partial charge in [-0.2, -0.15) is 5.10 Å². The number of aryl methyl sites for hydroxylation is 2. The van der Waals surface area contributed by atoms with Gasteiger partial charge in [0.1, 0.15) is 11.3 Å². The lowest BCUT2D eigenvalue weighted by molar-refractivity contribution is 0.0985. The van der Waals surface area contributed by atoms with E-state index in [1.54, 1.807) is 4.68 Å². The smallest absolute Gasteiger partial charge is 0.260 e. The molecule has 0 N–H and O–H groups in total. The van der Waals surface area contributed by atoms with Gasteiger partial charge in [-0.3, -0.25) is 14.4 Å². The zero-order chi connectivity index (χ0) is 23.9. The molecular weight excluding hydrogens is 470 g/mol. The molecule has 0 spiro atoms. The van der Waals surface area contributed by atoms with E-state index >= 15 is 0 Å². The summed E-state index contributed by atoms with van der Waals surface area (Å²) in [7, 11) is -3.53. The van der Waals surface area contributed by atoms with Crippen molar-refractivity contribution in [1.82, 2.24) is 14.8 Å². The molecule has 2 heterocycles. The number of halogens is 2. The highest BCUT2D eigenvalue weighted by molar-refractivity contribution is 7.90. The summed E-state index contributed by atoms with van der Waals surface area (Å²) in [5, 5.41) is 4.57. The van der Waals surface area contributed by atoms with Crippen LogP contribution in [0.25, 0.3) is 10.2 Å². The Morgan fingerprint density at radius 2 is 1.91 bits per heavy atom. The number of nitrogens with zero attached hydrogens (tertiary/aromatic N) is 4. The minimum atomic E-state index is -3.53. The van der Waals surface area contributed by atoms with Crippen LogP contribution in [0.5, 0.6) is 0 Å². The maximum absolute atomic E-state index is 14.3. The lowest BCUT2D eigenvalue weighted by Crippen LogP contribution is -2.34. The van der Waals surface area contributed by atoms with Crippen molar-refractivity contribution in [2.45, 2.75) is 25.3 Å². The Balaban J connectivity index is 1.76. The monoisotopic (exact) mass is 490 g/mol. The summed E-state index contributed by atoms with van der Waals surface area (Å²) in [6.07, 6.45) is 1.06. The number of hydrogen-bond donors (Lipinski definition) is 0. The summed E-state index contributed by atoms with van der Waals surface area (Å²) in [6.45, 7) is 4.20. The van der Waals surface area contributed by atoms with Crippen molar-refractivity contribution >= 4 is 42.4 Å². The molecule has 0 aliphatic carbocycles. The molecule has 0 unspecified atom stereocenters. The van der Waals surface area contributed by atoms with Crippen molar-refractivity contribution in [1.29, 1.82) is 0 Å². The first-order valence-electron chi connectivity index (χ1n) is 9.91. The number of thiazole rings is 1. The lowest BCUT2D eigenvalue weighted by atomic mass is 10.2. The topological polar surface area (TPSA) is 85.2 Å². The molecule has 33 heavy (non-hydrogen) atoms. The molecule has 11 heteroatoms. The van der Waals surface area contributed by atoms with Crippen molar-refractivity contribution in [2.24, 2.45) is 0 Å². The van der Waals surface area contributed by atoms with Crippen molar-refractivity contribution in [3.8, 4) is 0 Å². The Morgan fingerprint density at radius 1 is 1.15 bits per heavy atom. The Hall–Kier alpha value is -3.18. The molecule has 0 atom stereocenters. The first-order valence-corrected chi connectivity index (χ1v) is 12.6. The maximum atomic E-state index is 14.3. The number of rotatable bonds is 6.